The van der Waals surface area contributed by atoms with Crippen LogP contribution in [-0.2, 0) is 18.6 Å². The van der Waals surface area contributed by atoms with Gasteiger partial charge in [-0.2, -0.15) is 4.98 Å². The molecule has 1 aliphatic rings. The standard InChI is InChI=1S/C23H24N4O3S2/c1-13(2)20-24-18(30-26-20)12-31-23-25-21-19(14-8-4-7-11-17(14)32-21)22(28)27(23)15-9-5-6-10-16(15)29-3/h5-6,9-10,13H,4,7-8,11-12H2,1-3H3. The lowest BCUT2D eigenvalue weighted by atomic mass is 9.97. The fraction of sp³-hybridized carbons (Fsp3) is 0.391. The van der Waals surface area contributed by atoms with Crippen LogP contribution in [0.4, 0.5) is 0 Å². The molecule has 0 atom stereocenters. The fourth-order valence-electron chi connectivity index (χ4n) is 4.00. The van der Waals surface area contributed by atoms with Crippen molar-refractivity contribution in [2.75, 3.05) is 7.11 Å². The van der Waals surface area contributed by atoms with Crippen molar-refractivity contribution in [2.24, 2.45) is 0 Å². The lowest BCUT2D eigenvalue weighted by molar-refractivity contribution is 0.382. The molecule has 0 amide bonds. The maximum absolute atomic E-state index is 13.9. The number of thioether (sulfide) groups is 1. The molecule has 0 spiro atoms. The monoisotopic (exact) mass is 468 g/mol. The first-order chi connectivity index (χ1) is 15.6. The Labute approximate surface area is 193 Å². The van der Waals surface area contributed by atoms with Crippen LogP contribution in [0.2, 0.25) is 0 Å². The van der Waals surface area contributed by atoms with Crippen molar-refractivity contribution < 1.29 is 9.26 Å². The number of aromatic nitrogens is 4. The number of ether oxygens (including phenoxy) is 1. The highest BCUT2D eigenvalue weighted by Gasteiger charge is 2.24. The minimum absolute atomic E-state index is 0.0465. The highest BCUT2D eigenvalue weighted by molar-refractivity contribution is 7.98. The van der Waals surface area contributed by atoms with Crippen molar-refractivity contribution in [3.63, 3.8) is 0 Å². The third kappa shape index (κ3) is 3.73. The van der Waals surface area contributed by atoms with E-state index in [0.717, 1.165) is 35.9 Å². The molecular weight excluding hydrogens is 444 g/mol. The Morgan fingerprint density at radius 1 is 1.22 bits per heavy atom. The summed E-state index contributed by atoms with van der Waals surface area (Å²) >= 11 is 3.07. The summed E-state index contributed by atoms with van der Waals surface area (Å²) in [7, 11) is 1.61. The van der Waals surface area contributed by atoms with Crippen LogP contribution in [0.1, 0.15) is 54.8 Å². The van der Waals surface area contributed by atoms with Gasteiger partial charge in [0.1, 0.15) is 10.6 Å². The van der Waals surface area contributed by atoms with Crippen molar-refractivity contribution in [2.45, 2.75) is 56.4 Å². The van der Waals surface area contributed by atoms with E-state index in [9.17, 15) is 4.79 Å². The topological polar surface area (TPSA) is 83.0 Å². The van der Waals surface area contributed by atoms with Crippen LogP contribution in [-0.4, -0.2) is 26.8 Å². The van der Waals surface area contributed by atoms with Gasteiger partial charge < -0.3 is 9.26 Å². The predicted molar refractivity (Wildman–Crippen MR) is 126 cm³/mol. The van der Waals surface area contributed by atoms with E-state index in [0.29, 0.717) is 34.1 Å². The normalized spacial score (nSPS) is 13.6. The van der Waals surface area contributed by atoms with E-state index in [4.69, 9.17) is 14.2 Å². The molecule has 1 aliphatic carbocycles. The van der Waals surface area contributed by atoms with Crippen LogP contribution >= 0.6 is 23.1 Å². The largest absolute Gasteiger partial charge is 0.495 e. The summed E-state index contributed by atoms with van der Waals surface area (Å²) in [5.41, 5.74) is 1.81. The fourth-order valence-corrected chi connectivity index (χ4v) is 6.14. The highest BCUT2D eigenvalue weighted by Crippen LogP contribution is 2.36. The van der Waals surface area contributed by atoms with E-state index in [1.165, 1.54) is 22.2 Å². The van der Waals surface area contributed by atoms with Gasteiger partial charge >= 0.3 is 0 Å². The Morgan fingerprint density at radius 2 is 2.03 bits per heavy atom. The lowest BCUT2D eigenvalue weighted by Crippen LogP contribution is -2.22. The molecule has 32 heavy (non-hydrogen) atoms. The number of benzene rings is 1. The van der Waals surface area contributed by atoms with Gasteiger partial charge in [0.2, 0.25) is 5.89 Å². The zero-order valence-electron chi connectivity index (χ0n) is 18.3. The van der Waals surface area contributed by atoms with Crippen molar-refractivity contribution in [1.82, 2.24) is 19.7 Å². The van der Waals surface area contributed by atoms with Crippen molar-refractivity contribution in [3.05, 3.63) is 56.8 Å². The lowest BCUT2D eigenvalue weighted by Gasteiger charge is -2.15. The number of aryl methyl sites for hydroxylation is 2. The summed E-state index contributed by atoms with van der Waals surface area (Å²) in [4.78, 5) is 25.4. The molecule has 0 N–H and O–H groups in total. The average molecular weight is 469 g/mol. The first-order valence-electron chi connectivity index (χ1n) is 10.7. The Kier molecular flexibility index (Phi) is 5.77. The molecule has 0 radical (unpaired) electrons. The van der Waals surface area contributed by atoms with E-state index in [-0.39, 0.29) is 11.5 Å². The number of fused-ring (bicyclic) bond motifs is 3. The summed E-state index contributed by atoms with van der Waals surface area (Å²) in [6.07, 6.45) is 4.23. The van der Waals surface area contributed by atoms with Gasteiger partial charge in [-0.15, -0.1) is 11.3 Å². The van der Waals surface area contributed by atoms with Gasteiger partial charge in [-0.3, -0.25) is 9.36 Å². The van der Waals surface area contributed by atoms with Crippen molar-refractivity contribution in [1.29, 1.82) is 0 Å². The molecule has 3 aromatic heterocycles. The average Bonchev–Trinajstić information content (AvgIpc) is 3.42. The Bertz CT molecular complexity index is 1340. The molecule has 166 valence electrons. The van der Waals surface area contributed by atoms with Crippen LogP contribution in [0, 0.1) is 0 Å². The molecule has 4 aromatic rings. The predicted octanol–water partition coefficient (Wildman–Crippen LogP) is 5.13. The molecule has 1 aromatic carbocycles. The molecule has 7 nitrogen and oxygen atoms in total. The Morgan fingerprint density at radius 3 is 2.81 bits per heavy atom. The summed E-state index contributed by atoms with van der Waals surface area (Å²) in [5.74, 6) is 2.44. The quantitative estimate of drug-likeness (QED) is 0.286. The van der Waals surface area contributed by atoms with Gasteiger partial charge in [0, 0.05) is 10.8 Å². The second-order valence-corrected chi connectivity index (χ2v) is 10.1. The first-order valence-corrected chi connectivity index (χ1v) is 12.5. The van der Waals surface area contributed by atoms with Gasteiger partial charge in [0.25, 0.3) is 5.56 Å². The first kappa shape index (κ1) is 21.2. The van der Waals surface area contributed by atoms with Gasteiger partial charge in [-0.05, 0) is 43.4 Å². The maximum Gasteiger partial charge on any atom is 0.267 e. The van der Waals surface area contributed by atoms with E-state index >= 15 is 0 Å². The van der Waals surface area contributed by atoms with E-state index in [2.05, 4.69) is 10.1 Å². The summed E-state index contributed by atoms with van der Waals surface area (Å²) in [6, 6.07) is 7.54. The van der Waals surface area contributed by atoms with E-state index in [1.54, 1.807) is 23.0 Å². The molecular formula is C23H24N4O3S2. The van der Waals surface area contributed by atoms with Crippen molar-refractivity contribution in [3.8, 4) is 11.4 Å². The number of nitrogens with zero attached hydrogens (tertiary/aromatic N) is 4. The van der Waals surface area contributed by atoms with Crippen molar-refractivity contribution >= 4 is 33.3 Å². The van der Waals surface area contributed by atoms with Gasteiger partial charge in [-0.1, -0.05) is 42.9 Å². The smallest absolute Gasteiger partial charge is 0.267 e. The van der Waals surface area contributed by atoms with E-state index in [1.807, 2.05) is 38.1 Å². The maximum atomic E-state index is 13.9. The zero-order valence-corrected chi connectivity index (χ0v) is 19.9. The number of hydrogen-bond acceptors (Lipinski definition) is 8. The molecule has 0 unspecified atom stereocenters. The summed E-state index contributed by atoms with van der Waals surface area (Å²) in [5, 5.41) is 5.38. The molecule has 9 heteroatoms. The minimum atomic E-state index is -0.0465. The number of para-hydroxylation sites is 2. The van der Waals surface area contributed by atoms with E-state index < -0.39 is 0 Å². The van der Waals surface area contributed by atoms with Crippen LogP contribution in [0.3, 0.4) is 0 Å². The van der Waals surface area contributed by atoms with Gasteiger partial charge in [-0.25, -0.2) is 4.98 Å². The Balaban J connectivity index is 1.65. The van der Waals surface area contributed by atoms with Crippen LogP contribution in [0.5, 0.6) is 5.75 Å². The number of rotatable bonds is 6. The zero-order chi connectivity index (χ0) is 22.2. The second kappa shape index (κ2) is 8.71. The molecule has 0 bridgehead atoms. The molecule has 0 fully saturated rings. The molecule has 3 heterocycles. The van der Waals surface area contributed by atoms with Gasteiger partial charge in [0.15, 0.2) is 11.0 Å². The molecule has 0 aliphatic heterocycles. The number of methoxy groups -OCH3 is 1. The van der Waals surface area contributed by atoms with Crippen LogP contribution < -0.4 is 10.3 Å². The van der Waals surface area contributed by atoms with Gasteiger partial charge in [0.05, 0.1) is 23.9 Å². The third-order valence-corrected chi connectivity index (χ3v) is 7.72. The molecule has 0 saturated carbocycles. The molecule has 0 saturated heterocycles. The number of hydrogen-bond donors (Lipinski definition) is 0. The molecule has 5 rings (SSSR count). The van der Waals surface area contributed by atoms with Crippen LogP contribution in [0.15, 0.2) is 38.7 Å². The minimum Gasteiger partial charge on any atom is -0.495 e. The van der Waals surface area contributed by atoms with Crippen LogP contribution in [0.25, 0.3) is 15.9 Å². The summed E-state index contributed by atoms with van der Waals surface area (Å²) < 4.78 is 12.7. The SMILES string of the molecule is COc1ccccc1-n1c(SCc2nc(C(C)C)no2)nc2sc3c(c2c1=O)CCCC3. The summed E-state index contributed by atoms with van der Waals surface area (Å²) in [6.45, 7) is 4.05. The Hall–Kier alpha value is -2.65. The third-order valence-electron chi connectivity index (χ3n) is 5.61. The highest BCUT2D eigenvalue weighted by atomic mass is 32.2. The second-order valence-electron chi connectivity index (χ2n) is 8.09. The number of thiophene rings is 1.